The van der Waals surface area contributed by atoms with Crippen LogP contribution in [0.3, 0.4) is 0 Å². The molecule has 0 fully saturated rings. The van der Waals surface area contributed by atoms with Gasteiger partial charge in [-0.05, 0) is 20.5 Å². The molecule has 0 atom stereocenters. The summed E-state index contributed by atoms with van der Waals surface area (Å²) in [5.74, 6) is 0. The second kappa shape index (κ2) is 4.26. The summed E-state index contributed by atoms with van der Waals surface area (Å²) >= 11 is 0. The van der Waals surface area contributed by atoms with Crippen molar-refractivity contribution in [3.63, 3.8) is 0 Å². The monoisotopic (exact) mass is 167 g/mol. The van der Waals surface area contributed by atoms with E-state index >= 15 is 0 Å². The number of nitrogens with zero attached hydrogens (tertiary/aromatic N) is 3. The van der Waals surface area contributed by atoms with Crippen LogP contribution >= 0.6 is 0 Å². The molecule has 0 amide bonds. The van der Waals surface area contributed by atoms with Crippen molar-refractivity contribution in [3.8, 4) is 0 Å². The molecule has 0 saturated carbocycles. The van der Waals surface area contributed by atoms with Gasteiger partial charge in [0.15, 0.2) is 0 Å². The van der Waals surface area contributed by atoms with Gasteiger partial charge >= 0.3 is 0 Å². The highest BCUT2D eigenvalue weighted by molar-refractivity contribution is 4.97. The summed E-state index contributed by atoms with van der Waals surface area (Å²) in [5, 5.41) is 0. The Morgan fingerprint density at radius 2 is 2.25 bits per heavy atom. The molecule has 3 nitrogen and oxygen atoms in total. The molecule has 0 bridgehead atoms. The maximum absolute atomic E-state index is 4.12. The van der Waals surface area contributed by atoms with Crippen molar-refractivity contribution < 1.29 is 0 Å². The molecule has 0 radical (unpaired) electrons. The van der Waals surface area contributed by atoms with Crippen LogP contribution in [0.2, 0.25) is 0 Å². The molecule has 68 valence electrons. The molecule has 3 heteroatoms. The van der Waals surface area contributed by atoms with Crippen LogP contribution < -0.4 is 0 Å². The van der Waals surface area contributed by atoms with Gasteiger partial charge in [0, 0.05) is 19.3 Å². The number of hydrogen-bond acceptors (Lipinski definition) is 2. The minimum atomic E-state index is 0.990. The first-order valence-electron chi connectivity index (χ1n) is 4.45. The number of aromatic nitrogens is 2. The van der Waals surface area contributed by atoms with Gasteiger partial charge in [0.1, 0.15) is 0 Å². The van der Waals surface area contributed by atoms with Gasteiger partial charge in [-0.15, -0.1) is 0 Å². The molecule has 0 aliphatic heterocycles. The second-order valence-corrected chi connectivity index (χ2v) is 3.00. The molecule has 0 aromatic carbocycles. The van der Waals surface area contributed by atoms with Gasteiger partial charge in [-0.1, -0.05) is 6.92 Å². The van der Waals surface area contributed by atoms with E-state index in [1.807, 2.05) is 12.5 Å². The maximum atomic E-state index is 4.12. The molecular weight excluding hydrogens is 150 g/mol. The standard InChI is InChI=1S/C9H17N3/c1-4-11(3)7-9-6-10-8-12(9)5-2/h6,8H,4-5,7H2,1-3H3. The molecule has 1 aromatic heterocycles. The average Bonchev–Trinajstić information content (AvgIpc) is 2.51. The maximum Gasteiger partial charge on any atom is 0.0948 e. The van der Waals surface area contributed by atoms with Gasteiger partial charge in [-0.3, -0.25) is 0 Å². The van der Waals surface area contributed by atoms with E-state index in [2.05, 4.69) is 35.3 Å². The predicted octanol–water partition coefficient (Wildman–Crippen LogP) is 1.35. The van der Waals surface area contributed by atoms with E-state index < -0.39 is 0 Å². The van der Waals surface area contributed by atoms with E-state index in [0.717, 1.165) is 19.6 Å². The van der Waals surface area contributed by atoms with Crippen LogP contribution in [-0.4, -0.2) is 28.0 Å². The molecule has 12 heavy (non-hydrogen) atoms. The van der Waals surface area contributed by atoms with E-state index in [-0.39, 0.29) is 0 Å². The molecule has 0 aliphatic carbocycles. The fraction of sp³-hybridized carbons (Fsp3) is 0.667. The molecule has 1 rings (SSSR count). The highest BCUT2D eigenvalue weighted by Crippen LogP contribution is 2.02. The van der Waals surface area contributed by atoms with Crippen molar-refractivity contribution in [2.24, 2.45) is 0 Å². The predicted molar refractivity (Wildman–Crippen MR) is 49.9 cm³/mol. The molecule has 1 heterocycles. The highest BCUT2D eigenvalue weighted by Gasteiger charge is 2.01. The fourth-order valence-electron chi connectivity index (χ4n) is 1.15. The molecule has 0 aliphatic rings. The quantitative estimate of drug-likeness (QED) is 0.675. The van der Waals surface area contributed by atoms with Crippen molar-refractivity contribution in [3.05, 3.63) is 18.2 Å². The van der Waals surface area contributed by atoms with Crippen LogP contribution in [0.5, 0.6) is 0 Å². The summed E-state index contributed by atoms with van der Waals surface area (Å²) in [5.41, 5.74) is 1.29. The van der Waals surface area contributed by atoms with E-state index in [1.165, 1.54) is 5.69 Å². The zero-order valence-electron chi connectivity index (χ0n) is 8.12. The summed E-state index contributed by atoms with van der Waals surface area (Å²) in [6.45, 7) is 7.37. The normalized spacial score (nSPS) is 11.0. The molecule has 0 unspecified atom stereocenters. The Hall–Kier alpha value is -0.830. The Morgan fingerprint density at radius 1 is 1.50 bits per heavy atom. The lowest BCUT2D eigenvalue weighted by Gasteiger charge is -2.14. The molecule has 1 aromatic rings. The van der Waals surface area contributed by atoms with Crippen molar-refractivity contribution in [1.29, 1.82) is 0 Å². The molecule has 0 saturated heterocycles. The summed E-state index contributed by atoms with van der Waals surface area (Å²) in [6, 6.07) is 0. The van der Waals surface area contributed by atoms with Gasteiger partial charge in [-0.25, -0.2) is 4.98 Å². The minimum absolute atomic E-state index is 0.990. The van der Waals surface area contributed by atoms with Gasteiger partial charge < -0.3 is 9.47 Å². The molecular formula is C9H17N3. The summed E-state index contributed by atoms with van der Waals surface area (Å²) < 4.78 is 2.17. The third kappa shape index (κ3) is 2.08. The van der Waals surface area contributed by atoms with Gasteiger partial charge in [0.25, 0.3) is 0 Å². The molecule has 0 spiro atoms. The van der Waals surface area contributed by atoms with Crippen molar-refractivity contribution in [2.75, 3.05) is 13.6 Å². The average molecular weight is 167 g/mol. The lowest BCUT2D eigenvalue weighted by Crippen LogP contribution is -2.18. The van der Waals surface area contributed by atoms with Crippen molar-refractivity contribution >= 4 is 0 Å². The Morgan fingerprint density at radius 3 is 2.83 bits per heavy atom. The van der Waals surface area contributed by atoms with E-state index in [1.54, 1.807) is 0 Å². The first-order valence-corrected chi connectivity index (χ1v) is 4.45. The van der Waals surface area contributed by atoms with Crippen LogP contribution in [0.4, 0.5) is 0 Å². The number of aryl methyl sites for hydroxylation is 1. The van der Waals surface area contributed by atoms with Crippen LogP contribution in [0.15, 0.2) is 12.5 Å². The summed E-state index contributed by atoms with van der Waals surface area (Å²) in [7, 11) is 2.12. The highest BCUT2D eigenvalue weighted by atomic mass is 15.1. The van der Waals surface area contributed by atoms with E-state index in [4.69, 9.17) is 0 Å². The lowest BCUT2D eigenvalue weighted by atomic mass is 10.4. The summed E-state index contributed by atoms with van der Waals surface area (Å²) in [4.78, 5) is 6.38. The minimum Gasteiger partial charge on any atom is -0.334 e. The van der Waals surface area contributed by atoms with Crippen molar-refractivity contribution in [1.82, 2.24) is 14.5 Å². The smallest absolute Gasteiger partial charge is 0.0948 e. The first-order chi connectivity index (χ1) is 5.77. The Kier molecular flexibility index (Phi) is 3.29. The van der Waals surface area contributed by atoms with Gasteiger partial charge in [0.05, 0.1) is 12.0 Å². The van der Waals surface area contributed by atoms with Gasteiger partial charge in [0.2, 0.25) is 0 Å². The van der Waals surface area contributed by atoms with Crippen molar-refractivity contribution in [2.45, 2.75) is 26.9 Å². The van der Waals surface area contributed by atoms with Crippen LogP contribution in [-0.2, 0) is 13.1 Å². The number of rotatable bonds is 4. The topological polar surface area (TPSA) is 21.1 Å². The Labute approximate surface area is 74.0 Å². The fourth-order valence-corrected chi connectivity index (χ4v) is 1.15. The van der Waals surface area contributed by atoms with Crippen LogP contribution in [0.1, 0.15) is 19.5 Å². The van der Waals surface area contributed by atoms with Crippen LogP contribution in [0.25, 0.3) is 0 Å². The third-order valence-corrected chi connectivity index (χ3v) is 2.11. The van der Waals surface area contributed by atoms with E-state index in [9.17, 15) is 0 Å². The van der Waals surface area contributed by atoms with Gasteiger partial charge in [-0.2, -0.15) is 0 Å². The zero-order chi connectivity index (χ0) is 8.97. The zero-order valence-corrected chi connectivity index (χ0v) is 8.12. The SMILES string of the molecule is CCN(C)Cc1cncn1CC. The Bertz CT molecular complexity index is 229. The first kappa shape index (κ1) is 9.26. The molecule has 0 N–H and O–H groups in total. The number of imidazole rings is 1. The lowest BCUT2D eigenvalue weighted by molar-refractivity contribution is 0.335. The number of hydrogen-bond donors (Lipinski definition) is 0. The van der Waals surface area contributed by atoms with Crippen LogP contribution in [0, 0.1) is 0 Å². The van der Waals surface area contributed by atoms with E-state index in [0.29, 0.717) is 0 Å². The summed E-state index contributed by atoms with van der Waals surface area (Å²) in [6.07, 6.45) is 3.83. The third-order valence-electron chi connectivity index (χ3n) is 2.11. The Balaban J connectivity index is 2.61. The second-order valence-electron chi connectivity index (χ2n) is 3.00. The largest absolute Gasteiger partial charge is 0.334 e.